The highest BCUT2D eigenvalue weighted by Gasteiger charge is 2.18. The Bertz CT molecular complexity index is 662. The second kappa shape index (κ2) is 7.34. The van der Waals surface area contributed by atoms with Crippen molar-refractivity contribution in [3.05, 3.63) is 48.7 Å². The van der Waals surface area contributed by atoms with Gasteiger partial charge in [0.25, 0.3) is 0 Å². The molecule has 0 unspecified atom stereocenters. The van der Waals surface area contributed by atoms with E-state index < -0.39 is 0 Å². The topological polar surface area (TPSA) is 48.5 Å². The number of nitrogens with one attached hydrogen (secondary N) is 1. The summed E-state index contributed by atoms with van der Waals surface area (Å²) in [5.41, 5.74) is 2.03. The van der Waals surface area contributed by atoms with Crippen LogP contribution >= 0.6 is 0 Å². The van der Waals surface area contributed by atoms with E-state index in [2.05, 4.69) is 44.4 Å². The van der Waals surface area contributed by atoms with E-state index in [1.165, 1.54) is 5.69 Å². The van der Waals surface area contributed by atoms with Gasteiger partial charge in [-0.05, 0) is 24.3 Å². The molecular formula is C19H24N4O. The lowest BCUT2D eigenvalue weighted by Crippen LogP contribution is -2.46. The SMILES string of the molecule is CC(C)C(=O)Nc1ccc(N2CCN(c3ccccc3)CC2)nc1. The summed E-state index contributed by atoms with van der Waals surface area (Å²) in [6, 6.07) is 14.4. The van der Waals surface area contributed by atoms with Crippen LogP contribution in [0.15, 0.2) is 48.7 Å². The minimum absolute atomic E-state index is 0.0148. The number of rotatable bonds is 4. The number of carbonyl (C=O) groups excluding carboxylic acids is 1. The Hall–Kier alpha value is -2.56. The number of para-hydroxylation sites is 1. The van der Waals surface area contributed by atoms with E-state index in [9.17, 15) is 4.79 Å². The summed E-state index contributed by atoms with van der Waals surface area (Å²) in [7, 11) is 0. The molecule has 1 aliphatic rings. The number of hydrogen-bond acceptors (Lipinski definition) is 4. The number of aromatic nitrogens is 1. The Labute approximate surface area is 143 Å². The summed E-state index contributed by atoms with van der Waals surface area (Å²) in [6.07, 6.45) is 1.74. The second-order valence-electron chi connectivity index (χ2n) is 6.36. The first-order valence-electron chi connectivity index (χ1n) is 8.45. The van der Waals surface area contributed by atoms with Crippen molar-refractivity contribution in [2.75, 3.05) is 41.3 Å². The van der Waals surface area contributed by atoms with Crippen molar-refractivity contribution < 1.29 is 4.79 Å². The molecule has 2 aromatic rings. The first kappa shape index (κ1) is 16.3. The Balaban J connectivity index is 1.57. The summed E-state index contributed by atoms with van der Waals surface area (Å²) < 4.78 is 0. The third-order valence-electron chi connectivity index (χ3n) is 4.26. The van der Waals surface area contributed by atoms with E-state index in [4.69, 9.17) is 0 Å². The van der Waals surface area contributed by atoms with Gasteiger partial charge in [0.15, 0.2) is 0 Å². The fourth-order valence-electron chi connectivity index (χ4n) is 2.77. The van der Waals surface area contributed by atoms with Crippen molar-refractivity contribution >= 4 is 23.1 Å². The molecule has 1 aliphatic heterocycles. The number of anilines is 3. The average Bonchev–Trinajstić information content (AvgIpc) is 2.63. The Morgan fingerprint density at radius 3 is 2.25 bits per heavy atom. The molecule has 24 heavy (non-hydrogen) atoms. The van der Waals surface area contributed by atoms with Crippen molar-refractivity contribution in [3.63, 3.8) is 0 Å². The number of pyridine rings is 1. The molecule has 0 atom stereocenters. The summed E-state index contributed by atoms with van der Waals surface area (Å²) in [5.74, 6) is 0.946. The van der Waals surface area contributed by atoms with Crippen LogP contribution in [-0.2, 0) is 4.79 Å². The molecule has 3 rings (SSSR count). The zero-order valence-corrected chi connectivity index (χ0v) is 14.3. The Morgan fingerprint density at radius 2 is 1.67 bits per heavy atom. The molecule has 1 fully saturated rings. The molecule has 126 valence electrons. The summed E-state index contributed by atoms with van der Waals surface area (Å²) >= 11 is 0. The highest BCUT2D eigenvalue weighted by atomic mass is 16.1. The first-order chi connectivity index (χ1) is 11.6. The average molecular weight is 324 g/mol. The predicted molar refractivity (Wildman–Crippen MR) is 98.6 cm³/mol. The molecule has 0 bridgehead atoms. The van der Waals surface area contributed by atoms with E-state index in [-0.39, 0.29) is 11.8 Å². The van der Waals surface area contributed by atoms with Crippen molar-refractivity contribution in [1.29, 1.82) is 0 Å². The lowest BCUT2D eigenvalue weighted by Gasteiger charge is -2.36. The maximum atomic E-state index is 11.7. The van der Waals surface area contributed by atoms with Crippen molar-refractivity contribution in [2.24, 2.45) is 5.92 Å². The Kier molecular flexibility index (Phi) is 4.99. The minimum Gasteiger partial charge on any atom is -0.368 e. The van der Waals surface area contributed by atoms with E-state index in [1.54, 1.807) is 6.20 Å². The van der Waals surface area contributed by atoms with Gasteiger partial charge >= 0.3 is 0 Å². The van der Waals surface area contributed by atoms with Crippen LogP contribution in [0, 0.1) is 5.92 Å². The van der Waals surface area contributed by atoms with Crippen LogP contribution in [0.4, 0.5) is 17.2 Å². The zero-order valence-electron chi connectivity index (χ0n) is 14.3. The van der Waals surface area contributed by atoms with Gasteiger partial charge in [-0.25, -0.2) is 4.98 Å². The predicted octanol–water partition coefficient (Wildman–Crippen LogP) is 3.00. The third kappa shape index (κ3) is 3.85. The van der Waals surface area contributed by atoms with Crippen LogP contribution in [0.3, 0.4) is 0 Å². The highest BCUT2D eigenvalue weighted by molar-refractivity contribution is 5.91. The number of hydrogen-bond donors (Lipinski definition) is 1. The molecular weight excluding hydrogens is 300 g/mol. The number of nitrogens with zero attached hydrogens (tertiary/aromatic N) is 3. The standard InChI is InChI=1S/C19H24N4O/c1-15(2)19(24)21-16-8-9-18(20-14-16)23-12-10-22(11-13-23)17-6-4-3-5-7-17/h3-9,14-15H,10-13H2,1-2H3,(H,21,24). The van der Waals surface area contributed by atoms with E-state index >= 15 is 0 Å². The van der Waals surface area contributed by atoms with Crippen molar-refractivity contribution in [3.8, 4) is 0 Å². The summed E-state index contributed by atoms with van der Waals surface area (Å²) in [4.78, 5) is 20.9. The zero-order chi connectivity index (χ0) is 16.9. The Morgan fingerprint density at radius 1 is 1.00 bits per heavy atom. The molecule has 1 saturated heterocycles. The minimum atomic E-state index is -0.0317. The molecule has 0 aliphatic carbocycles. The van der Waals surface area contributed by atoms with Gasteiger partial charge in [0, 0.05) is 37.8 Å². The van der Waals surface area contributed by atoms with Gasteiger partial charge in [0.2, 0.25) is 5.91 Å². The number of carbonyl (C=O) groups is 1. The molecule has 1 amide bonds. The lowest BCUT2D eigenvalue weighted by atomic mass is 10.2. The lowest BCUT2D eigenvalue weighted by molar-refractivity contribution is -0.118. The maximum Gasteiger partial charge on any atom is 0.226 e. The normalized spacial score (nSPS) is 14.8. The van der Waals surface area contributed by atoms with Crippen LogP contribution in [0.1, 0.15) is 13.8 Å². The smallest absolute Gasteiger partial charge is 0.226 e. The van der Waals surface area contributed by atoms with Gasteiger partial charge in [-0.15, -0.1) is 0 Å². The monoisotopic (exact) mass is 324 g/mol. The molecule has 5 nitrogen and oxygen atoms in total. The number of piperazine rings is 1. The fraction of sp³-hybridized carbons (Fsp3) is 0.368. The molecule has 1 N–H and O–H groups in total. The maximum absolute atomic E-state index is 11.7. The molecule has 1 aromatic carbocycles. The second-order valence-corrected chi connectivity index (χ2v) is 6.36. The first-order valence-corrected chi connectivity index (χ1v) is 8.45. The molecule has 0 saturated carbocycles. The van der Waals surface area contributed by atoms with Gasteiger partial charge in [0.05, 0.1) is 11.9 Å². The van der Waals surface area contributed by atoms with Crippen LogP contribution in [-0.4, -0.2) is 37.1 Å². The van der Waals surface area contributed by atoms with Gasteiger partial charge in [-0.2, -0.15) is 0 Å². The van der Waals surface area contributed by atoms with Crippen molar-refractivity contribution in [1.82, 2.24) is 4.98 Å². The summed E-state index contributed by atoms with van der Waals surface area (Å²) in [5, 5.41) is 2.87. The van der Waals surface area contributed by atoms with E-state index in [1.807, 2.05) is 32.0 Å². The van der Waals surface area contributed by atoms with Gasteiger partial charge in [0.1, 0.15) is 5.82 Å². The molecule has 1 aromatic heterocycles. The van der Waals surface area contributed by atoms with Gasteiger partial charge in [-0.1, -0.05) is 32.0 Å². The van der Waals surface area contributed by atoms with Crippen LogP contribution in [0.2, 0.25) is 0 Å². The number of amides is 1. The largest absolute Gasteiger partial charge is 0.368 e. The summed E-state index contributed by atoms with van der Waals surface area (Å²) in [6.45, 7) is 7.61. The molecule has 5 heteroatoms. The van der Waals surface area contributed by atoms with Crippen LogP contribution in [0.25, 0.3) is 0 Å². The highest BCUT2D eigenvalue weighted by Crippen LogP contribution is 2.20. The number of benzene rings is 1. The van der Waals surface area contributed by atoms with E-state index in [0.29, 0.717) is 0 Å². The molecule has 0 radical (unpaired) electrons. The third-order valence-corrected chi connectivity index (χ3v) is 4.26. The fourth-order valence-corrected chi connectivity index (χ4v) is 2.77. The van der Waals surface area contributed by atoms with Crippen molar-refractivity contribution in [2.45, 2.75) is 13.8 Å². The molecule has 2 heterocycles. The van der Waals surface area contributed by atoms with Gasteiger partial charge < -0.3 is 15.1 Å². The van der Waals surface area contributed by atoms with Gasteiger partial charge in [-0.3, -0.25) is 4.79 Å². The molecule has 0 spiro atoms. The van der Waals surface area contributed by atoms with E-state index in [0.717, 1.165) is 37.7 Å². The quantitative estimate of drug-likeness (QED) is 0.939. The van der Waals surface area contributed by atoms with Crippen LogP contribution in [0.5, 0.6) is 0 Å². The van der Waals surface area contributed by atoms with Crippen LogP contribution < -0.4 is 15.1 Å².